The van der Waals surface area contributed by atoms with Gasteiger partial charge in [0.15, 0.2) is 0 Å². The van der Waals surface area contributed by atoms with Crippen molar-refractivity contribution in [2.24, 2.45) is 0 Å². The fourth-order valence-corrected chi connectivity index (χ4v) is 3.53. The maximum atomic E-state index is 12.9. The van der Waals surface area contributed by atoms with E-state index in [1.165, 1.54) is 6.07 Å². The smallest absolute Gasteiger partial charge is 0.261 e. The Kier molecular flexibility index (Phi) is 5.48. The van der Waals surface area contributed by atoms with Crippen LogP contribution < -0.4 is 15.6 Å². The minimum absolute atomic E-state index is 0.0981. The third kappa shape index (κ3) is 3.74. The number of anilines is 1. The first-order valence-electron chi connectivity index (χ1n) is 8.49. The molecule has 0 spiro atoms. The molecule has 3 rings (SSSR count). The Hall–Kier alpha value is -2.21. The van der Waals surface area contributed by atoms with Crippen LogP contribution in [0.25, 0.3) is 0 Å². The number of fused-ring (bicyclic) bond motifs is 1. The second kappa shape index (κ2) is 7.78. The summed E-state index contributed by atoms with van der Waals surface area (Å²) in [5, 5.41) is 2.93. The van der Waals surface area contributed by atoms with E-state index < -0.39 is 0 Å². The quantitative estimate of drug-likeness (QED) is 0.830. The molecular weight excluding hydrogens is 336 g/mol. The van der Waals surface area contributed by atoms with E-state index in [2.05, 4.69) is 5.32 Å². The molecule has 0 saturated heterocycles. The standard InChI is InChI=1S/C19H22N2O3S/c1-3-24-16-12-17(22)21-11-5-4-6-15(21)18(16)19(23)20-13-7-9-14(25-2)10-8-13/h7-10,12H,3-6,11H2,1-2H3,(H,20,23). The summed E-state index contributed by atoms with van der Waals surface area (Å²) in [6.07, 6.45) is 4.65. The topological polar surface area (TPSA) is 60.3 Å². The van der Waals surface area contributed by atoms with Crippen LogP contribution in [-0.2, 0) is 13.0 Å². The molecule has 1 aromatic carbocycles. The number of aromatic nitrogens is 1. The molecule has 1 aliphatic rings. The number of hydrogen-bond acceptors (Lipinski definition) is 4. The summed E-state index contributed by atoms with van der Waals surface area (Å²) < 4.78 is 7.31. The molecule has 0 unspecified atom stereocenters. The summed E-state index contributed by atoms with van der Waals surface area (Å²) in [6.45, 7) is 2.91. The Morgan fingerprint density at radius 3 is 2.72 bits per heavy atom. The predicted molar refractivity (Wildman–Crippen MR) is 101 cm³/mol. The van der Waals surface area contributed by atoms with Gasteiger partial charge in [0.2, 0.25) is 0 Å². The largest absolute Gasteiger partial charge is 0.493 e. The number of rotatable bonds is 5. The molecule has 0 saturated carbocycles. The van der Waals surface area contributed by atoms with Crippen LogP contribution >= 0.6 is 11.8 Å². The minimum atomic E-state index is -0.231. The summed E-state index contributed by atoms with van der Waals surface area (Å²) in [7, 11) is 0. The van der Waals surface area contributed by atoms with Gasteiger partial charge in [0.05, 0.1) is 6.61 Å². The highest BCUT2D eigenvalue weighted by atomic mass is 32.2. The fourth-order valence-electron chi connectivity index (χ4n) is 3.12. The fraction of sp³-hybridized carbons (Fsp3) is 0.368. The molecule has 0 fully saturated rings. The Morgan fingerprint density at radius 2 is 2.04 bits per heavy atom. The molecule has 1 aliphatic heterocycles. The summed E-state index contributed by atoms with van der Waals surface area (Å²) in [6, 6.07) is 9.13. The molecule has 0 aliphatic carbocycles. The number of carbonyl (C=O) groups excluding carboxylic acids is 1. The van der Waals surface area contributed by atoms with Gasteiger partial charge in [0, 0.05) is 28.9 Å². The molecule has 132 valence electrons. The normalized spacial score (nSPS) is 13.2. The third-order valence-corrected chi connectivity index (χ3v) is 5.05. The number of benzene rings is 1. The Labute approximate surface area is 151 Å². The molecular formula is C19H22N2O3S. The van der Waals surface area contributed by atoms with E-state index >= 15 is 0 Å². The lowest BCUT2D eigenvalue weighted by Gasteiger charge is -2.23. The number of carbonyl (C=O) groups is 1. The van der Waals surface area contributed by atoms with E-state index in [9.17, 15) is 9.59 Å². The summed E-state index contributed by atoms with van der Waals surface area (Å²) >= 11 is 1.65. The number of hydrogen-bond donors (Lipinski definition) is 1. The lowest BCUT2D eigenvalue weighted by molar-refractivity contribution is 0.102. The number of nitrogens with one attached hydrogen (secondary N) is 1. The maximum absolute atomic E-state index is 12.9. The first kappa shape index (κ1) is 17.6. The van der Waals surface area contributed by atoms with Crippen LogP contribution in [0.2, 0.25) is 0 Å². The van der Waals surface area contributed by atoms with E-state index in [0.717, 1.165) is 29.1 Å². The Bertz CT molecular complexity index is 828. The second-order valence-corrected chi connectivity index (χ2v) is 6.77. The number of pyridine rings is 1. The molecule has 0 bridgehead atoms. The van der Waals surface area contributed by atoms with Gasteiger partial charge < -0.3 is 14.6 Å². The zero-order chi connectivity index (χ0) is 17.8. The van der Waals surface area contributed by atoms with E-state index in [-0.39, 0.29) is 11.5 Å². The van der Waals surface area contributed by atoms with Crippen molar-refractivity contribution in [2.75, 3.05) is 18.2 Å². The van der Waals surface area contributed by atoms with E-state index in [1.54, 1.807) is 16.3 Å². The maximum Gasteiger partial charge on any atom is 0.261 e. The molecule has 2 aromatic rings. The van der Waals surface area contributed by atoms with Crippen LogP contribution in [0.3, 0.4) is 0 Å². The molecule has 1 aromatic heterocycles. The highest BCUT2D eigenvalue weighted by Crippen LogP contribution is 2.27. The Balaban J connectivity index is 1.98. The number of nitrogens with zero attached hydrogens (tertiary/aromatic N) is 1. The van der Waals surface area contributed by atoms with Crippen molar-refractivity contribution in [1.29, 1.82) is 0 Å². The number of thioether (sulfide) groups is 1. The molecule has 25 heavy (non-hydrogen) atoms. The summed E-state index contributed by atoms with van der Waals surface area (Å²) in [5.74, 6) is 0.143. The SMILES string of the molecule is CCOc1cc(=O)n2c(c1C(=O)Nc1ccc(SC)cc1)CCCC2. The van der Waals surface area contributed by atoms with Gasteiger partial charge in [-0.05, 0) is 56.7 Å². The van der Waals surface area contributed by atoms with Crippen molar-refractivity contribution in [3.63, 3.8) is 0 Å². The van der Waals surface area contributed by atoms with Crippen molar-refractivity contribution in [3.8, 4) is 5.75 Å². The van der Waals surface area contributed by atoms with E-state index in [1.807, 2.05) is 37.4 Å². The number of ether oxygens (including phenoxy) is 1. The van der Waals surface area contributed by atoms with Gasteiger partial charge in [-0.2, -0.15) is 0 Å². The lowest BCUT2D eigenvalue weighted by atomic mass is 10.0. The molecule has 0 atom stereocenters. The van der Waals surface area contributed by atoms with Crippen molar-refractivity contribution in [2.45, 2.75) is 37.6 Å². The van der Waals surface area contributed by atoms with Crippen molar-refractivity contribution in [3.05, 3.63) is 51.9 Å². The molecule has 2 heterocycles. The van der Waals surface area contributed by atoms with Crippen LogP contribution in [-0.4, -0.2) is 23.3 Å². The van der Waals surface area contributed by atoms with Gasteiger partial charge in [0.1, 0.15) is 11.3 Å². The number of amides is 1. The molecule has 1 amide bonds. The molecule has 0 radical (unpaired) electrons. The molecule has 5 nitrogen and oxygen atoms in total. The highest BCUT2D eigenvalue weighted by Gasteiger charge is 2.24. The van der Waals surface area contributed by atoms with Crippen LogP contribution in [0.5, 0.6) is 5.75 Å². The predicted octanol–water partition coefficient (Wildman–Crippen LogP) is 3.56. The average molecular weight is 358 g/mol. The van der Waals surface area contributed by atoms with Gasteiger partial charge >= 0.3 is 0 Å². The monoisotopic (exact) mass is 358 g/mol. The first-order valence-corrected chi connectivity index (χ1v) is 9.71. The molecule has 1 N–H and O–H groups in total. The van der Waals surface area contributed by atoms with Gasteiger partial charge in [-0.1, -0.05) is 0 Å². The minimum Gasteiger partial charge on any atom is -0.493 e. The van der Waals surface area contributed by atoms with Gasteiger partial charge in [0.25, 0.3) is 11.5 Å². The van der Waals surface area contributed by atoms with Crippen molar-refractivity contribution in [1.82, 2.24) is 4.57 Å². The van der Waals surface area contributed by atoms with Crippen LogP contribution in [0.1, 0.15) is 35.8 Å². The lowest BCUT2D eigenvalue weighted by Crippen LogP contribution is -2.31. The van der Waals surface area contributed by atoms with Crippen LogP contribution in [0, 0.1) is 0 Å². The van der Waals surface area contributed by atoms with Gasteiger partial charge in [-0.25, -0.2) is 0 Å². The summed E-state index contributed by atoms with van der Waals surface area (Å²) in [4.78, 5) is 26.4. The van der Waals surface area contributed by atoms with Gasteiger partial charge in [-0.15, -0.1) is 11.8 Å². The molecule has 6 heteroatoms. The second-order valence-electron chi connectivity index (χ2n) is 5.89. The summed E-state index contributed by atoms with van der Waals surface area (Å²) in [5.41, 5.74) is 1.89. The Morgan fingerprint density at radius 1 is 1.28 bits per heavy atom. The van der Waals surface area contributed by atoms with Crippen molar-refractivity contribution < 1.29 is 9.53 Å². The first-order chi connectivity index (χ1) is 12.1. The third-order valence-electron chi connectivity index (χ3n) is 4.30. The van der Waals surface area contributed by atoms with E-state index in [4.69, 9.17) is 4.74 Å². The van der Waals surface area contributed by atoms with Gasteiger partial charge in [-0.3, -0.25) is 9.59 Å². The van der Waals surface area contributed by atoms with Crippen molar-refractivity contribution >= 4 is 23.4 Å². The van der Waals surface area contributed by atoms with Crippen LogP contribution in [0.15, 0.2) is 40.0 Å². The highest BCUT2D eigenvalue weighted by molar-refractivity contribution is 7.98. The van der Waals surface area contributed by atoms with Crippen LogP contribution in [0.4, 0.5) is 5.69 Å². The average Bonchev–Trinajstić information content (AvgIpc) is 2.63. The van der Waals surface area contributed by atoms with E-state index in [0.29, 0.717) is 30.9 Å². The zero-order valence-corrected chi connectivity index (χ0v) is 15.3. The zero-order valence-electron chi connectivity index (χ0n) is 14.5.